The van der Waals surface area contributed by atoms with Crippen molar-refractivity contribution >= 4 is 6.09 Å². The first kappa shape index (κ1) is 21.9. The van der Waals surface area contributed by atoms with E-state index >= 15 is 0 Å². The molecule has 1 amide bonds. The number of carbonyl (C=O) groups is 1. The van der Waals surface area contributed by atoms with Crippen molar-refractivity contribution in [3.8, 4) is 0 Å². The zero-order valence-electron chi connectivity index (χ0n) is 15.6. The van der Waals surface area contributed by atoms with Gasteiger partial charge in [-0.15, -0.1) is 0 Å². The van der Waals surface area contributed by atoms with Crippen LogP contribution in [-0.4, -0.2) is 32.4 Å². The Bertz CT molecular complexity index is 904. The standard InChI is InChI=1S/C18H17F6N3O3/c1-10(28)15-7-14-8-26(2-3-27(14)25-15)16(29)30-9-11-4-12(17(19,20)21)6-13(5-11)18(22,23)24/h4-7,10,28H,2-3,8-9H2,1H3. The average molecular weight is 437 g/mol. The first-order chi connectivity index (χ1) is 13.8. The van der Waals surface area contributed by atoms with Gasteiger partial charge in [-0.25, -0.2) is 4.79 Å². The highest BCUT2D eigenvalue weighted by molar-refractivity contribution is 5.67. The van der Waals surface area contributed by atoms with E-state index in [1.165, 1.54) is 11.8 Å². The molecule has 6 nitrogen and oxygen atoms in total. The van der Waals surface area contributed by atoms with E-state index in [0.717, 1.165) is 0 Å². The number of aromatic nitrogens is 2. The highest BCUT2D eigenvalue weighted by atomic mass is 19.4. The topological polar surface area (TPSA) is 67.6 Å². The van der Waals surface area contributed by atoms with Gasteiger partial charge >= 0.3 is 18.4 Å². The smallest absolute Gasteiger partial charge is 0.416 e. The van der Waals surface area contributed by atoms with Crippen molar-refractivity contribution in [2.75, 3.05) is 6.54 Å². The van der Waals surface area contributed by atoms with Gasteiger partial charge < -0.3 is 14.7 Å². The maximum Gasteiger partial charge on any atom is 0.416 e. The van der Waals surface area contributed by atoms with E-state index < -0.39 is 47.8 Å². The van der Waals surface area contributed by atoms with Gasteiger partial charge in [0.15, 0.2) is 0 Å². The van der Waals surface area contributed by atoms with E-state index in [1.54, 1.807) is 10.7 Å². The monoisotopic (exact) mass is 437 g/mol. The van der Waals surface area contributed by atoms with Crippen LogP contribution in [-0.2, 0) is 36.8 Å². The first-order valence-corrected chi connectivity index (χ1v) is 8.79. The predicted octanol–water partition coefficient (Wildman–Crippen LogP) is 4.13. The van der Waals surface area contributed by atoms with Gasteiger partial charge in [0.05, 0.1) is 41.7 Å². The Labute approximate surface area is 166 Å². The fourth-order valence-corrected chi connectivity index (χ4v) is 2.99. The minimum Gasteiger partial charge on any atom is -0.445 e. The van der Waals surface area contributed by atoms with Crippen molar-refractivity contribution in [1.29, 1.82) is 0 Å². The van der Waals surface area contributed by atoms with E-state index in [4.69, 9.17) is 4.74 Å². The molecule has 0 fully saturated rings. The van der Waals surface area contributed by atoms with Gasteiger partial charge in [0.1, 0.15) is 6.61 Å². The molecular weight excluding hydrogens is 420 g/mol. The van der Waals surface area contributed by atoms with Crippen molar-refractivity contribution in [2.24, 2.45) is 0 Å². The van der Waals surface area contributed by atoms with Crippen LogP contribution in [0.1, 0.15) is 41.1 Å². The summed E-state index contributed by atoms with van der Waals surface area (Å²) < 4.78 is 84.0. The summed E-state index contributed by atoms with van der Waals surface area (Å²) in [5.41, 5.74) is -2.34. The molecule has 1 N–H and O–H groups in total. The lowest BCUT2D eigenvalue weighted by Crippen LogP contribution is -2.38. The lowest BCUT2D eigenvalue weighted by molar-refractivity contribution is -0.143. The number of rotatable bonds is 3. The molecular formula is C18H17F6N3O3. The summed E-state index contributed by atoms with van der Waals surface area (Å²) in [6.07, 6.45) is -11.6. The number of halogens is 6. The third-order valence-corrected chi connectivity index (χ3v) is 4.51. The number of fused-ring (bicyclic) bond motifs is 1. The Morgan fingerprint density at radius 1 is 1.10 bits per heavy atom. The molecule has 0 bridgehead atoms. The Morgan fingerprint density at radius 3 is 2.23 bits per heavy atom. The van der Waals surface area contributed by atoms with Crippen LogP contribution in [0, 0.1) is 0 Å². The molecule has 2 aromatic rings. The molecule has 30 heavy (non-hydrogen) atoms. The summed E-state index contributed by atoms with van der Waals surface area (Å²) in [5.74, 6) is 0. The van der Waals surface area contributed by atoms with Gasteiger partial charge in [-0.05, 0) is 36.8 Å². The highest BCUT2D eigenvalue weighted by Crippen LogP contribution is 2.36. The summed E-state index contributed by atoms with van der Waals surface area (Å²) in [6.45, 7) is 1.35. The second-order valence-corrected chi connectivity index (χ2v) is 6.85. The van der Waals surface area contributed by atoms with Gasteiger partial charge in [-0.1, -0.05) is 0 Å². The largest absolute Gasteiger partial charge is 0.445 e. The van der Waals surface area contributed by atoms with E-state index in [1.807, 2.05) is 0 Å². The molecule has 1 unspecified atom stereocenters. The summed E-state index contributed by atoms with van der Waals surface area (Å²) in [4.78, 5) is 13.5. The SMILES string of the molecule is CC(O)c1cc2n(n1)CCN(C(=O)OCc1cc(C(F)(F)F)cc(C(F)(F)F)c1)C2. The van der Waals surface area contributed by atoms with Crippen LogP contribution >= 0.6 is 0 Å². The van der Waals surface area contributed by atoms with Gasteiger partial charge in [-0.2, -0.15) is 31.4 Å². The molecule has 164 valence electrons. The van der Waals surface area contributed by atoms with E-state index in [2.05, 4.69) is 5.10 Å². The maximum absolute atomic E-state index is 12.9. The third kappa shape index (κ3) is 4.86. The maximum atomic E-state index is 12.9. The Hall–Kier alpha value is -2.76. The molecule has 3 rings (SSSR count). The second-order valence-electron chi connectivity index (χ2n) is 6.85. The molecule has 0 saturated carbocycles. The van der Waals surface area contributed by atoms with Gasteiger partial charge in [-0.3, -0.25) is 4.68 Å². The Kier molecular flexibility index (Phi) is 5.72. The fourth-order valence-electron chi connectivity index (χ4n) is 2.99. The molecule has 0 spiro atoms. The number of alkyl halides is 6. The fraction of sp³-hybridized carbons (Fsp3) is 0.444. The minimum absolute atomic E-state index is 0.0108. The van der Waals surface area contributed by atoms with E-state index in [-0.39, 0.29) is 19.2 Å². The van der Waals surface area contributed by atoms with Crippen molar-refractivity contribution in [3.63, 3.8) is 0 Å². The Morgan fingerprint density at radius 2 is 1.70 bits per heavy atom. The third-order valence-electron chi connectivity index (χ3n) is 4.51. The van der Waals surface area contributed by atoms with Crippen LogP contribution in [0.4, 0.5) is 31.1 Å². The molecule has 1 aromatic carbocycles. The summed E-state index contributed by atoms with van der Waals surface area (Å²) in [7, 11) is 0. The quantitative estimate of drug-likeness (QED) is 0.734. The van der Waals surface area contributed by atoms with Gasteiger partial charge in [0, 0.05) is 6.54 Å². The Balaban J connectivity index is 1.71. The second kappa shape index (κ2) is 7.82. The highest BCUT2D eigenvalue weighted by Gasteiger charge is 2.37. The number of benzene rings is 1. The molecule has 0 radical (unpaired) electrons. The lowest BCUT2D eigenvalue weighted by atomic mass is 10.1. The van der Waals surface area contributed by atoms with Crippen molar-refractivity contribution in [3.05, 3.63) is 52.3 Å². The molecule has 2 heterocycles. The van der Waals surface area contributed by atoms with Crippen molar-refractivity contribution < 1.29 is 41.0 Å². The normalized spacial score (nSPS) is 15.7. The summed E-state index contributed by atoms with van der Waals surface area (Å²) in [5, 5.41) is 13.8. The molecule has 0 saturated heterocycles. The van der Waals surface area contributed by atoms with Gasteiger partial charge in [0.2, 0.25) is 0 Å². The molecule has 1 atom stereocenters. The minimum atomic E-state index is -4.98. The van der Waals surface area contributed by atoms with Crippen molar-refractivity contribution in [2.45, 2.75) is 45.1 Å². The van der Waals surface area contributed by atoms with Crippen LogP contribution in [0.5, 0.6) is 0 Å². The lowest BCUT2D eigenvalue weighted by Gasteiger charge is -2.27. The van der Waals surface area contributed by atoms with Crippen LogP contribution in [0.15, 0.2) is 24.3 Å². The number of nitrogens with zero attached hydrogens (tertiary/aromatic N) is 3. The van der Waals surface area contributed by atoms with Crippen LogP contribution in [0.25, 0.3) is 0 Å². The number of ether oxygens (including phenoxy) is 1. The van der Waals surface area contributed by atoms with Gasteiger partial charge in [0.25, 0.3) is 0 Å². The number of aliphatic hydroxyl groups excluding tert-OH is 1. The van der Waals surface area contributed by atoms with E-state index in [9.17, 15) is 36.2 Å². The van der Waals surface area contributed by atoms with Crippen LogP contribution < -0.4 is 0 Å². The zero-order valence-corrected chi connectivity index (χ0v) is 15.6. The molecule has 1 aromatic heterocycles. The number of aliphatic hydroxyl groups is 1. The summed E-state index contributed by atoms with van der Waals surface area (Å²) >= 11 is 0. The number of hydrogen-bond acceptors (Lipinski definition) is 4. The average Bonchev–Trinajstić information content (AvgIpc) is 3.08. The number of carbonyl (C=O) groups excluding carboxylic acids is 1. The van der Waals surface area contributed by atoms with Crippen LogP contribution in [0.3, 0.4) is 0 Å². The number of amides is 1. The van der Waals surface area contributed by atoms with E-state index in [0.29, 0.717) is 30.1 Å². The molecule has 1 aliphatic heterocycles. The van der Waals surface area contributed by atoms with Crippen molar-refractivity contribution in [1.82, 2.24) is 14.7 Å². The predicted molar refractivity (Wildman–Crippen MR) is 89.9 cm³/mol. The van der Waals surface area contributed by atoms with Crippen LogP contribution in [0.2, 0.25) is 0 Å². The summed E-state index contributed by atoms with van der Waals surface area (Å²) in [6, 6.07) is 2.65. The molecule has 0 aliphatic carbocycles. The molecule has 1 aliphatic rings. The molecule has 12 heteroatoms. The zero-order chi connectivity index (χ0) is 22.3. The first-order valence-electron chi connectivity index (χ1n) is 8.79. The number of hydrogen-bond donors (Lipinski definition) is 1.